The van der Waals surface area contributed by atoms with Gasteiger partial charge in [0.1, 0.15) is 0 Å². The second kappa shape index (κ2) is 8.80. The molecule has 2 rings (SSSR count). The lowest BCUT2D eigenvalue weighted by Crippen LogP contribution is -2.42. The topological polar surface area (TPSA) is 88.2 Å². The monoisotopic (exact) mass is 335 g/mol. The first kappa shape index (κ1) is 18.4. The molecule has 1 fully saturated rings. The summed E-state index contributed by atoms with van der Waals surface area (Å²) in [5.74, 6) is -1.09. The second-order valence-electron chi connectivity index (χ2n) is 6.46. The molecule has 132 valence electrons. The highest BCUT2D eigenvalue weighted by atomic mass is 16.6. The van der Waals surface area contributed by atoms with Gasteiger partial charge in [-0.15, -0.1) is 0 Å². The maximum Gasteiger partial charge on any atom is 0.336 e. The van der Waals surface area contributed by atoms with Crippen molar-refractivity contribution in [3.05, 3.63) is 35.9 Å². The molecule has 2 N–H and O–H groups in total. The van der Waals surface area contributed by atoms with Crippen molar-refractivity contribution in [1.82, 2.24) is 5.32 Å². The molecule has 1 heterocycles. The van der Waals surface area contributed by atoms with Crippen LogP contribution in [0.25, 0.3) is 0 Å². The van der Waals surface area contributed by atoms with E-state index >= 15 is 0 Å². The van der Waals surface area contributed by atoms with Gasteiger partial charge in [-0.2, -0.15) is 0 Å². The van der Waals surface area contributed by atoms with Crippen molar-refractivity contribution in [2.45, 2.75) is 44.9 Å². The van der Waals surface area contributed by atoms with E-state index in [2.05, 4.69) is 19.2 Å². The highest BCUT2D eigenvalue weighted by Crippen LogP contribution is 2.22. The third-order valence-electron chi connectivity index (χ3n) is 3.79. The molecule has 6 heteroatoms. The molecule has 0 saturated carbocycles. The lowest BCUT2D eigenvalue weighted by Gasteiger charge is -2.20. The zero-order chi connectivity index (χ0) is 17.5. The molecule has 1 aromatic rings. The summed E-state index contributed by atoms with van der Waals surface area (Å²) in [6, 6.07) is 9.91. The molecular formula is C18H25NO5. The number of carbonyl (C=O) groups is 2. The van der Waals surface area contributed by atoms with E-state index in [1.807, 2.05) is 30.3 Å². The lowest BCUT2D eigenvalue weighted by molar-refractivity contribution is -0.138. The highest BCUT2D eigenvalue weighted by molar-refractivity contribution is 5.92. The summed E-state index contributed by atoms with van der Waals surface area (Å²) in [7, 11) is 0. The molecule has 0 unspecified atom stereocenters. The number of hydrogen-bond acceptors (Lipinski definition) is 4. The second-order valence-corrected chi connectivity index (χ2v) is 6.46. The lowest BCUT2D eigenvalue weighted by atomic mass is 10.0. The molecule has 1 amide bonds. The Kier molecular flexibility index (Phi) is 6.75. The minimum atomic E-state index is -1.10. The number of aliphatic carboxylic acids is 1. The zero-order valence-corrected chi connectivity index (χ0v) is 14.1. The van der Waals surface area contributed by atoms with Gasteiger partial charge in [0.25, 0.3) is 5.91 Å². The largest absolute Gasteiger partial charge is 0.479 e. The van der Waals surface area contributed by atoms with Gasteiger partial charge < -0.3 is 19.9 Å². The summed E-state index contributed by atoms with van der Waals surface area (Å²) in [6.45, 7) is 5.11. The smallest absolute Gasteiger partial charge is 0.336 e. The Balaban J connectivity index is 1.74. The standard InChI is InChI=1S/C18H25NO5/c1-12(2)10-14(19-17(20)15-16(24-15)18(21)22)11-23-9-8-13-6-4-3-5-7-13/h3-7,12,14-16H,8-11H2,1-2H3,(H,19,20)(H,21,22)/t14-,15-,16-/m0/s1. The Bertz CT molecular complexity index is 546. The van der Waals surface area contributed by atoms with Crippen molar-refractivity contribution < 1.29 is 24.2 Å². The van der Waals surface area contributed by atoms with Crippen LogP contribution in [-0.2, 0) is 25.5 Å². The Morgan fingerprint density at radius 2 is 1.96 bits per heavy atom. The summed E-state index contributed by atoms with van der Waals surface area (Å²) in [5, 5.41) is 11.6. The predicted octanol–water partition coefficient (Wildman–Crippen LogP) is 1.63. The fourth-order valence-corrected chi connectivity index (χ4v) is 2.58. The maximum absolute atomic E-state index is 12.0. The van der Waals surface area contributed by atoms with Crippen LogP contribution in [0.1, 0.15) is 25.8 Å². The van der Waals surface area contributed by atoms with Gasteiger partial charge in [0.15, 0.2) is 12.2 Å². The first-order chi connectivity index (χ1) is 11.5. The van der Waals surface area contributed by atoms with Crippen LogP contribution in [-0.4, -0.2) is 48.4 Å². The van der Waals surface area contributed by atoms with Gasteiger partial charge in [-0.05, 0) is 24.3 Å². The number of benzene rings is 1. The molecule has 1 aliphatic heterocycles. The summed E-state index contributed by atoms with van der Waals surface area (Å²) in [6.07, 6.45) is -0.303. The number of carboxylic acids is 1. The number of ether oxygens (including phenoxy) is 2. The number of carbonyl (C=O) groups excluding carboxylic acids is 1. The van der Waals surface area contributed by atoms with Gasteiger partial charge in [-0.25, -0.2) is 4.79 Å². The molecule has 0 aromatic heterocycles. The van der Waals surface area contributed by atoms with Crippen LogP contribution in [0.4, 0.5) is 0 Å². The average Bonchev–Trinajstić information content (AvgIpc) is 3.33. The van der Waals surface area contributed by atoms with Crippen molar-refractivity contribution in [1.29, 1.82) is 0 Å². The van der Waals surface area contributed by atoms with Crippen molar-refractivity contribution in [3.63, 3.8) is 0 Å². The van der Waals surface area contributed by atoms with Crippen LogP contribution in [0.3, 0.4) is 0 Å². The van der Waals surface area contributed by atoms with E-state index in [0.29, 0.717) is 19.1 Å². The number of carboxylic acid groups (broad SMARTS) is 1. The molecule has 6 nitrogen and oxygen atoms in total. The molecule has 0 radical (unpaired) electrons. The minimum Gasteiger partial charge on any atom is -0.479 e. The van der Waals surface area contributed by atoms with E-state index < -0.39 is 18.2 Å². The van der Waals surface area contributed by atoms with Crippen molar-refractivity contribution in [3.8, 4) is 0 Å². The Morgan fingerprint density at radius 1 is 1.25 bits per heavy atom. The van der Waals surface area contributed by atoms with Gasteiger partial charge in [-0.3, -0.25) is 4.79 Å². The quantitative estimate of drug-likeness (QED) is 0.501. The predicted molar refractivity (Wildman–Crippen MR) is 88.6 cm³/mol. The summed E-state index contributed by atoms with van der Waals surface area (Å²) in [4.78, 5) is 22.8. The average molecular weight is 335 g/mol. The Labute approximate surface area is 142 Å². The molecule has 1 aromatic carbocycles. The third-order valence-corrected chi connectivity index (χ3v) is 3.79. The van der Waals surface area contributed by atoms with Crippen LogP contribution in [0, 0.1) is 5.92 Å². The van der Waals surface area contributed by atoms with Crippen molar-refractivity contribution >= 4 is 11.9 Å². The summed E-state index contributed by atoms with van der Waals surface area (Å²) in [5.41, 5.74) is 1.21. The molecule has 0 bridgehead atoms. The van der Waals surface area contributed by atoms with Gasteiger partial charge in [0.2, 0.25) is 0 Å². The fourth-order valence-electron chi connectivity index (χ4n) is 2.58. The summed E-state index contributed by atoms with van der Waals surface area (Å²) >= 11 is 0. The molecule has 1 saturated heterocycles. The van der Waals surface area contributed by atoms with Crippen molar-refractivity contribution in [2.24, 2.45) is 5.92 Å². The number of rotatable bonds is 10. The number of hydrogen-bond donors (Lipinski definition) is 2. The summed E-state index contributed by atoms with van der Waals surface area (Å²) < 4.78 is 10.6. The van der Waals surface area contributed by atoms with Crippen LogP contribution in [0.2, 0.25) is 0 Å². The molecule has 0 aliphatic carbocycles. The number of nitrogens with one attached hydrogen (secondary N) is 1. The fraction of sp³-hybridized carbons (Fsp3) is 0.556. The van der Waals surface area contributed by atoms with E-state index in [1.54, 1.807) is 0 Å². The Morgan fingerprint density at radius 3 is 2.54 bits per heavy atom. The first-order valence-electron chi connectivity index (χ1n) is 8.27. The molecule has 1 aliphatic rings. The number of epoxide rings is 1. The first-order valence-corrected chi connectivity index (χ1v) is 8.27. The van der Waals surface area contributed by atoms with E-state index in [9.17, 15) is 9.59 Å². The minimum absolute atomic E-state index is 0.146. The van der Waals surface area contributed by atoms with Gasteiger partial charge >= 0.3 is 5.97 Å². The third kappa shape index (κ3) is 5.94. The maximum atomic E-state index is 12.0. The van der Waals surface area contributed by atoms with Crippen LogP contribution >= 0.6 is 0 Å². The molecule has 0 spiro atoms. The van der Waals surface area contributed by atoms with E-state index in [4.69, 9.17) is 14.6 Å². The highest BCUT2D eigenvalue weighted by Gasteiger charge is 2.51. The number of amides is 1. The van der Waals surface area contributed by atoms with Crippen LogP contribution < -0.4 is 5.32 Å². The van der Waals surface area contributed by atoms with Gasteiger partial charge in [-0.1, -0.05) is 44.2 Å². The zero-order valence-electron chi connectivity index (χ0n) is 14.1. The normalized spacial score (nSPS) is 20.6. The van der Waals surface area contributed by atoms with Gasteiger partial charge in [0.05, 0.1) is 19.3 Å². The van der Waals surface area contributed by atoms with Gasteiger partial charge in [0, 0.05) is 0 Å². The SMILES string of the molecule is CC(C)C[C@@H](COCCc1ccccc1)NC(=O)[C@H]1O[C@@H]1C(=O)O. The van der Waals surface area contributed by atoms with E-state index in [1.165, 1.54) is 5.56 Å². The van der Waals surface area contributed by atoms with Crippen LogP contribution in [0.5, 0.6) is 0 Å². The van der Waals surface area contributed by atoms with Crippen molar-refractivity contribution in [2.75, 3.05) is 13.2 Å². The van der Waals surface area contributed by atoms with E-state index in [0.717, 1.165) is 12.8 Å². The van der Waals surface area contributed by atoms with Crippen LogP contribution in [0.15, 0.2) is 30.3 Å². The van der Waals surface area contributed by atoms with E-state index in [-0.39, 0.29) is 11.9 Å². The molecule has 24 heavy (non-hydrogen) atoms. The molecular weight excluding hydrogens is 310 g/mol. The molecule has 3 atom stereocenters. The Hall–Kier alpha value is -1.92.